The van der Waals surface area contributed by atoms with Crippen LogP contribution in [0.15, 0.2) is 0 Å². The molecule has 2 aliphatic rings. The van der Waals surface area contributed by atoms with E-state index in [1.54, 1.807) is 0 Å². The molecule has 0 aromatic carbocycles. The fourth-order valence-corrected chi connectivity index (χ4v) is 1.86. The van der Waals surface area contributed by atoms with Crippen LogP contribution in [0, 0.1) is 0 Å². The maximum absolute atomic E-state index is 11.6. The zero-order valence-electron chi connectivity index (χ0n) is 9.42. The summed E-state index contributed by atoms with van der Waals surface area (Å²) >= 11 is 0. The van der Waals surface area contributed by atoms with Crippen molar-refractivity contribution in [1.29, 1.82) is 0 Å². The van der Waals surface area contributed by atoms with Crippen molar-refractivity contribution in [1.82, 2.24) is 16.0 Å². The maximum Gasteiger partial charge on any atom is 0.237 e. The van der Waals surface area contributed by atoms with Crippen LogP contribution in [0.2, 0.25) is 0 Å². The van der Waals surface area contributed by atoms with E-state index in [1.807, 2.05) is 0 Å². The summed E-state index contributed by atoms with van der Waals surface area (Å²) in [6.07, 6.45) is 4.55. The molecule has 5 heteroatoms. The van der Waals surface area contributed by atoms with Gasteiger partial charge in [0.25, 0.3) is 0 Å². The monoisotopic (exact) mass is 225 g/mol. The first-order chi connectivity index (χ1) is 7.75. The first-order valence-corrected chi connectivity index (χ1v) is 6.06. The van der Waals surface area contributed by atoms with Gasteiger partial charge < -0.3 is 16.0 Å². The molecule has 1 aliphatic carbocycles. The average Bonchev–Trinajstić information content (AvgIpc) is 2.90. The van der Waals surface area contributed by atoms with E-state index in [1.165, 1.54) is 0 Å². The van der Waals surface area contributed by atoms with Gasteiger partial charge in [-0.2, -0.15) is 0 Å². The van der Waals surface area contributed by atoms with Crippen molar-refractivity contribution in [2.24, 2.45) is 0 Å². The Morgan fingerprint density at radius 2 is 2.06 bits per heavy atom. The van der Waals surface area contributed by atoms with Crippen LogP contribution in [-0.4, -0.2) is 37.0 Å². The summed E-state index contributed by atoms with van der Waals surface area (Å²) in [4.78, 5) is 22.9. The molecule has 0 aromatic rings. The first kappa shape index (κ1) is 11.4. The second kappa shape index (κ2) is 5.30. The lowest BCUT2D eigenvalue weighted by Crippen LogP contribution is -2.41. The molecular weight excluding hydrogens is 206 g/mol. The molecule has 5 nitrogen and oxygen atoms in total. The number of amides is 2. The van der Waals surface area contributed by atoms with Crippen molar-refractivity contribution >= 4 is 11.8 Å². The Kier molecular flexibility index (Phi) is 3.77. The van der Waals surface area contributed by atoms with E-state index >= 15 is 0 Å². The van der Waals surface area contributed by atoms with Gasteiger partial charge in [-0.15, -0.1) is 0 Å². The van der Waals surface area contributed by atoms with Gasteiger partial charge in [-0.1, -0.05) is 0 Å². The number of carbonyl (C=O) groups excluding carboxylic acids is 2. The number of carbonyl (C=O) groups is 2. The normalized spacial score (nSPS) is 24.1. The third kappa shape index (κ3) is 3.48. The smallest absolute Gasteiger partial charge is 0.237 e. The van der Waals surface area contributed by atoms with Crippen molar-refractivity contribution in [3.8, 4) is 0 Å². The Balaban J connectivity index is 1.55. The molecule has 2 amide bonds. The van der Waals surface area contributed by atoms with E-state index in [-0.39, 0.29) is 17.9 Å². The van der Waals surface area contributed by atoms with E-state index in [4.69, 9.17) is 0 Å². The van der Waals surface area contributed by atoms with Crippen molar-refractivity contribution in [2.75, 3.05) is 13.1 Å². The van der Waals surface area contributed by atoms with Crippen molar-refractivity contribution in [3.05, 3.63) is 0 Å². The fraction of sp³-hybridized carbons (Fsp3) is 0.818. The molecule has 0 spiro atoms. The van der Waals surface area contributed by atoms with Gasteiger partial charge >= 0.3 is 0 Å². The van der Waals surface area contributed by atoms with Crippen LogP contribution in [0.25, 0.3) is 0 Å². The molecule has 0 bridgehead atoms. The summed E-state index contributed by atoms with van der Waals surface area (Å²) in [5.74, 6) is 0.0684. The zero-order valence-corrected chi connectivity index (χ0v) is 9.42. The van der Waals surface area contributed by atoms with E-state index in [0.717, 1.165) is 32.2 Å². The molecule has 3 N–H and O–H groups in total. The largest absolute Gasteiger partial charge is 0.354 e. The van der Waals surface area contributed by atoms with Crippen molar-refractivity contribution in [3.63, 3.8) is 0 Å². The molecular formula is C11H19N3O2. The molecule has 0 radical (unpaired) electrons. The molecule has 2 rings (SSSR count). The molecule has 1 aliphatic heterocycles. The van der Waals surface area contributed by atoms with Crippen LogP contribution in [0.3, 0.4) is 0 Å². The summed E-state index contributed by atoms with van der Waals surface area (Å²) in [7, 11) is 0. The highest BCUT2D eigenvalue weighted by atomic mass is 16.2. The van der Waals surface area contributed by atoms with Gasteiger partial charge in [0, 0.05) is 19.0 Å². The predicted octanol–water partition coefficient (Wildman–Crippen LogP) is -0.477. The summed E-state index contributed by atoms with van der Waals surface area (Å²) < 4.78 is 0. The molecule has 90 valence electrons. The molecule has 1 saturated heterocycles. The molecule has 0 unspecified atom stereocenters. The van der Waals surface area contributed by atoms with Gasteiger partial charge in [-0.05, 0) is 32.2 Å². The summed E-state index contributed by atoms with van der Waals surface area (Å²) in [6.45, 7) is 1.36. The van der Waals surface area contributed by atoms with E-state index in [0.29, 0.717) is 19.0 Å². The molecule has 1 heterocycles. The van der Waals surface area contributed by atoms with Gasteiger partial charge in [0.2, 0.25) is 11.8 Å². The number of hydrogen-bond donors (Lipinski definition) is 3. The number of hydrogen-bond acceptors (Lipinski definition) is 3. The van der Waals surface area contributed by atoms with Crippen molar-refractivity contribution < 1.29 is 9.59 Å². The van der Waals surface area contributed by atoms with E-state index in [9.17, 15) is 9.59 Å². The SMILES string of the molecule is O=C(CCNC(=O)[C@H]1CCCN1)NC1CC1. The second-order valence-electron chi connectivity index (χ2n) is 4.53. The van der Waals surface area contributed by atoms with Gasteiger partial charge in [0.05, 0.1) is 6.04 Å². The second-order valence-corrected chi connectivity index (χ2v) is 4.53. The first-order valence-electron chi connectivity index (χ1n) is 6.06. The Morgan fingerprint density at radius 3 is 2.69 bits per heavy atom. The average molecular weight is 225 g/mol. The summed E-state index contributed by atoms with van der Waals surface area (Å²) in [5, 5.41) is 8.80. The van der Waals surface area contributed by atoms with E-state index in [2.05, 4.69) is 16.0 Å². The Labute approximate surface area is 95.3 Å². The lowest BCUT2D eigenvalue weighted by molar-refractivity contribution is -0.123. The van der Waals surface area contributed by atoms with Crippen LogP contribution in [0.5, 0.6) is 0 Å². The molecule has 1 saturated carbocycles. The highest BCUT2D eigenvalue weighted by Crippen LogP contribution is 2.18. The third-order valence-corrected chi connectivity index (χ3v) is 2.97. The molecule has 1 atom stereocenters. The minimum Gasteiger partial charge on any atom is -0.354 e. The summed E-state index contributed by atoms with van der Waals surface area (Å²) in [5.41, 5.74) is 0. The van der Waals surface area contributed by atoms with Crippen LogP contribution in [0.1, 0.15) is 32.1 Å². The minimum atomic E-state index is -0.0495. The van der Waals surface area contributed by atoms with Gasteiger partial charge in [0.15, 0.2) is 0 Å². The Hall–Kier alpha value is -1.10. The van der Waals surface area contributed by atoms with Crippen LogP contribution >= 0.6 is 0 Å². The Morgan fingerprint density at radius 1 is 1.25 bits per heavy atom. The molecule has 16 heavy (non-hydrogen) atoms. The highest BCUT2D eigenvalue weighted by molar-refractivity contribution is 5.83. The van der Waals surface area contributed by atoms with Gasteiger partial charge in [0.1, 0.15) is 0 Å². The standard InChI is InChI=1S/C11H19N3O2/c15-10(14-8-3-4-8)5-7-13-11(16)9-2-1-6-12-9/h8-9,12H,1-7H2,(H,13,16)(H,14,15)/t9-/m1/s1. The highest BCUT2D eigenvalue weighted by Gasteiger charge is 2.24. The predicted molar refractivity (Wildman–Crippen MR) is 59.8 cm³/mol. The maximum atomic E-state index is 11.6. The summed E-state index contributed by atoms with van der Waals surface area (Å²) in [6, 6.07) is 0.353. The number of nitrogens with one attached hydrogen (secondary N) is 3. The minimum absolute atomic E-state index is 0.0247. The quantitative estimate of drug-likeness (QED) is 0.592. The van der Waals surface area contributed by atoms with Crippen LogP contribution < -0.4 is 16.0 Å². The zero-order chi connectivity index (χ0) is 11.4. The lowest BCUT2D eigenvalue weighted by atomic mass is 10.2. The van der Waals surface area contributed by atoms with Crippen LogP contribution in [-0.2, 0) is 9.59 Å². The third-order valence-electron chi connectivity index (χ3n) is 2.97. The topological polar surface area (TPSA) is 70.2 Å². The molecule has 0 aromatic heterocycles. The van der Waals surface area contributed by atoms with E-state index < -0.39 is 0 Å². The lowest BCUT2D eigenvalue weighted by Gasteiger charge is -2.10. The van der Waals surface area contributed by atoms with Gasteiger partial charge in [-0.25, -0.2) is 0 Å². The van der Waals surface area contributed by atoms with Crippen molar-refractivity contribution in [2.45, 2.75) is 44.2 Å². The van der Waals surface area contributed by atoms with Crippen LogP contribution in [0.4, 0.5) is 0 Å². The Bertz CT molecular complexity index is 270. The fourth-order valence-electron chi connectivity index (χ4n) is 1.86. The van der Waals surface area contributed by atoms with Gasteiger partial charge in [-0.3, -0.25) is 9.59 Å². The number of rotatable bonds is 5. The molecule has 2 fully saturated rings.